The Morgan fingerprint density at radius 3 is 3.14 bits per heavy atom. The fourth-order valence-corrected chi connectivity index (χ4v) is 1.07. The van der Waals surface area contributed by atoms with Gasteiger partial charge in [-0.2, -0.15) is 4.68 Å². The third kappa shape index (κ3) is 1.42. The highest BCUT2D eigenvalue weighted by Crippen LogP contribution is 2.06. The van der Waals surface area contributed by atoms with Crippen molar-refractivity contribution in [2.75, 3.05) is 0 Å². The third-order valence-corrected chi connectivity index (χ3v) is 1.71. The van der Waals surface area contributed by atoms with Gasteiger partial charge in [-0.15, -0.1) is 0 Å². The summed E-state index contributed by atoms with van der Waals surface area (Å²) < 4.78 is 8.69. The van der Waals surface area contributed by atoms with Gasteiger partial charge in [0.05, 0.1) is 13.7 Å². The minimum absolute atomic E-state index is 0.0657. The molecule has 0 amide bonds. The number of benzene rings is 1. The Morgan fingerprint density at radius 1 is 1.64 bits per heavy atom. The van der Waals surface area contributed by atoms with Gasteiger partial charge in [0.15, 0.2) is 0 Å². The molecule has 0 aliphatic heterocycles. The van der Waals surface area contributed by atoms with E-state index in [1.165, 1.54) is 0 Å². The molecular formula is C8H8N4O2. The molecule has 0 saturated heterocycles. The van der Waals surface area contributed by atoms with Crippen LogP contribution in [0.3, 0.4) is 0 Å². The second-order valence-electron chi connectivity index (χ2n) is 2.64. The van der Waals surface area contributed by atoms with Crippen LogP contribution < -0.4 is 5.69 Å². The normalized spacial score (nSPS) is 11.4. The molecule has 6 nitrogen and oxygen atoms in total. The molecule has 1 aromatic carbocycles. The Bertz CT molecular complexity index is 533. The number of nitrogens with one attached hydrogen (secondary N) is 1. The molecule has 0 aliphatic carbocycles. The molecule has 2 aromatic rings. The lowest BCUT2D eigenvalue weighted by molar-refractivity contribution is 0.282. The van der Waals surface area contributed by atoms with Gasteiger partial charge >= 0.3 is 5.69 Å². The van der Waals surface area contributed by atoms with Crippen LogP contribution >= 0.6 is 0 Å². The van der Waals surface area contributed by atoms with Crippen molar-refractivity contribution in [2.45, 2.75) is 6.61 Å². The average Bonchev–Trinajstić information content (AvgIpc) is 2.65. The molecule has 14 heavy (non-hydrogen) atoms. The first kappa shape index (κ1) is 7.45. The summed E-state index contributed by atoms with van der Waals surface area (Å²) >= 11 is 0. The zero-order valence-electron chi connectivity index (χ0n) is 8.14. The Hall–Kier alpha value is -1.95. The van der Waals surface area contributed by atoms with Crippen molar-refractivity contribution in [3.63, 3.8) is 0 Å². The van der Waals surface area contributed by atoms with Crippen LogP contribution in [0.25, 0.3) is 5.69 Å². The van der Waals surface area contributed by atoms with Crippen LogP contribution in [-0.2, 0) is 6.61 Å². The predicted octanol–water partition coefficient (Wildman–Crippen LogP) is -0.552. The molecule has 2 rings (SSSR count). The first-order chi connectivity index (χ1) is 7.24. The van der Waals surface area contributed by atoms with E-state index in [9.17, 15) is 4.79 Å². The average molecular weight is 194 g/mol. The van der Waals surface area contributed by atoms with E-state index in [-0.39, 0.29) is 12.6 Å². The van der Waals surface area contributed by atoms with E-state index in [0.29, 0.717) is 11.3 Å². The van der Waals surface area contributed by atoms with E-state index in [4.69, 9.17) is 6.48 Å². The van der Waals surface area contributed by atoms with Crippen molar-refractivity contribution in [3.8, 4) is 5.69 Å². The summed E-state index contributed by atoms with van der Waals surface area (Å²) in [7, 11) is 0. The van der Waals surface area contributed by atoms with Gasteiger partial charge in [-0.1, -0.05) is 12.1 Å². The van der Waals surface area contributed by atoms with Crippen molar-refractivity contribution in [1.82, 2.24) is 20.2 Å². The van der Waals surface area contributed by atoms with E-state index >= 15 is 0 Å². The molecule has 0 saturated carbocycles. The molecule has 0 spiro atoms. The summed E-state index contributed by atoms with van der Waals surface area (Å²) in [5.41, 5.74) is 0.210. The van der Waals surface area contributed by atoms with Gasteiger partial charge in [0.25, 0.3) is 0 Å². The van der Waals surface area contributed by atoms with Gasteiger partial charge < -0.3 is 5.11 Å². The van der Waals surface area contributed by atoms with Crippen LogP contribution in [0.4, 0.5) is 0 Å². The van der Waals surface area contributed by atoms with Crippen LogP contribution in [0.1, 0.15) is 6.93 Å². The number of aliphatic hydroxyl groups is 1. The number of hydrogen-bond donors (Lipinski definition) is 2. The minimum Gasteiger partial charge on any atom is -0.392 e. The van der Waals surface area contributed by atoms with Crippen molar-refractivity contribution in [2.24, 2.45) is 0 Å². The van der Waals surface area contributed by atoms with Gasteiger partial charge in [0.1, 0.15) is 0 Å². The predicted molar refractivity (Wildman–Crippen MR) is 47.9 cm³/mol. The van der Waals surface area contributed by atoms with Crippen LogP contribution in [0.15, 0.2) is 29.0 Å². The first-order valence-electron chi connectivity index (χ1n) is 4.44. The summed E-state index contributed by atoms with van der Waals surface area (Å²) in [6.45, 7) is -0.251. The molecule has 1 heterocycles. The lowest BCUT2D eigenvalue weighted by Crippen LogP contribution is -2.16. The molecule has 1 aromatic heterocycles. The molecule has 0 atom stereocenters. The fraction of sp³-hybridized carbons (Fsp3) is 0.125. The molecule has 72 valence electrons. The standard InChI is InChI=1S/C8H8N4O2/c13-5-6-2-1-3-7(4-6)12-8(14)9-10-11-12/h1-4,13H,5H2,(H,9,11,14)/i4T. The number of tetrazole rings is 1. The van der Waals surface area contributed by atoms with E-state index < -0.39 is 5.69 Å². The van der Waals surface area contributed by atoms with Gasteiger partial charge in [0.2, 0.25) is 0 Å². The first-order valence-corrected chi connectivity index (χ1v) is 3.94. The van der Waals surface area contributed by atoms with Crippen molar-refractivity contribution in [1.29, 1.82) is 0 Å². The zero-order valence-corrected chi connectivity index (χ0v) is 7.14. The van der Waals surface area contributed by atoms with Gasteiger partial charge in [0, 0.05) is 0 Å². The number of aliphatic hydroxyl groups excluding tert-OH is 1. The van der Waals surface area contributed by atoms with Crippen LogP contribution in [-0.4, -0.2) is 25.3 Å². The number of aromatic nitrogens is 4. The molecule has 2 N–H and O–H groups in total. The van der Waals surface area contributed by atoms with Crippen LogP contribution in [0.2, 0.25) is 0 Å². The maximum Gasteiger partial charge on any atom is 0.365 e. The lowest BCUT2D eigenvalue weighted by atomic mass is 10.2. The maximum atomic E-state index is 11.2. The smallest absolute Gasteiger partial charge is 0.365 e. The quantitative estimate of drug-likeness (QED) is 0.671. The second-order valence-corrected chi connectivity index (χ2v) is 2.64. The van der Waals surface area contributed by atoms with E-state index in [1.54, 1.807) is 18.2 Å². The zero-order chi connectivity index (χ0) is 10.8. The Labute approximate surface area is 80.2 Å². The van der Waals surface area contributed by atoms with Gasteiger partial charge in [-0.05, 0) is 28.1 Å². The maximum absolute atomic E-state index is 11.2. The largest absolute Gasteiger partial charge is 0.392 e. The van der Waals surface area contributed by atoms with Crippen LogP contribution in [0.5, 0.6) is 0 Å². The monoisotopic (exact) mass is 194 g/mol. The molecular weight excluding hydrogens is 184 g/mol. The summed E-state index contributed by atoms with van der Waals surface area (Å²) in [6.07, 6.45) is 0. The highest BCUT2D eigenvalue weighted by Gasteiger charge is 2.02. The highest BCUT2D eigenvalue weighted by molar-refractivity contribution is 5.33. The molecule has 0 bridgehead atoms. The molecule has 0 radical (unpaired) electrons. The minimum atomic E-state index is -0.515. The summed E-state index contributed by atoms with van der Waals surface area (Å²) in [6, 6.07) is 4.87. The van der Waals surface area contributed by atoms with Crippen molar-refractivity contribution >= 4 is 0 Å². The Kier molecular flexibility index (Phi) is 1.82. The lowest BCUT2D eigenvalue weighted by Gasteiger charge is -1.99. The topological polar surface area (TPSA) is 83.8 Å². The number of aromatic amines is 1. The number of rotatable bonds is 2. The van der Waals surface area contributed by atoms with Gasteiger partial charge in [-0.3, -0.25) is 0 Å². The van der Waals surface area contributed by atoms with Gasteiger partial charge in [-0.25, -0.2) is 9.89 Å². The molecule has 0 aliphatic rings. The number of H-pyrrole nitrogens is 1. The molecule has 0 fully saturated rings. The van der Waals surface area contributed by atoms with E-state index in [2.05, 4.69) is 15.5 Å². The second kappa shape index (κ2) is 3.43. The van der Waals surface area contributed by atoms with Crippen LogP contribution in [0, 0.1) is 0 Å². The summed E-state index contributed by atoms with van der Waals surface area (Å²) in [5.74, 6) is 0. The number of hydrogen-bond acceptors (Lipinski definition) is 4. The SMILES string of the molecule is [3H]c1c(CO)cccc1-n1nn[nH]c1=O. The Balaban J connectivity index is 2.64. The third-order valence-electron chi connectivity index (χ3n) is 1.71. The highest BCUT2D eigenvalue weighted by atomic mass is 16.3. The van der Waals surface area contributed by atoms with Crippen molar-refractivity contribution < 1.29 is 6.48 Å². The van der Waals surface area contributed by atoms with E-state index in [1.807, 2.05) is 0 Å². The molecule has 6 heteroatoms. The van der Waals surface area contributed by atoms with E-state index in [0.717, 1.165) is 4.68 Å². The summed E-state index contributed by atoms with van der Waals surface area (Å²) in [4.78, 5) is 11.2. The fourth-order valence-electron chi connectivity index (χ4n) is 1.07. The summed E-state index contributed by atoms with van der Waals surface area (Å²) in [5, 5.41) is 17.9. The number of nitrogens with zero attached hydrogens (tertiary/aromatic N) is 3. The molecule has 0 unspecified atom stereocenters. The van der Waals surface area contributed by atoms with Crippen molar-refractivity contribution in [3.05, 3.63) is 40.3 Å². The Morgan fingerprint density at radius 2 is 2.50 bits per heavy atom.